The van der Waals surface area contributed by atoms with Gasteiger partial charge in [-0.15, -0.1) is 0 Å². The van der Waals surface area contributed by atoms with Gasteiger partial charge < -0.3 is 10.3 Å². The Morgan fingerprint density at radius 3 is 2.30 bits per heavy atom. The summed E-state index contributed by atoms with van der Waals surface area (Å²) in [4.78, 5) is 21.4. The van der Waals surface area contributed by atoms with Crippen molar-refractivity contribution in [3.63, 3.8) is 0 Å². The van der Waals surface area contributed by atoms with Crippen LogP contribution in [0, 0.1) is 5.82 Å². The maximum atomic E-state index is 13.4. The summed E-state index contributed by atoms with van der Waals surface area (Å²) in [5.41, 5.74) is 5.23. The van der Waals surface area contributed by atoms with Crippen LogP contribution in [0.15, 0.2) is 79.0 Å². The molecule has 4 rings (SSSR count). The molecular formula is C25H22FN3O. The predicted molar refractivity (Wildman–Crippen MR) is 118 cm³/mol. The highest BCUT2D eigenvalue weighted by Gasteiger charge is 2.27. The number of pyridine rings is 1. The van der Waals surface area contributed by atoms with Crippen molar-refractivity contribution in [3.05, 3.63) is 96.1 Å². The molecule has 0 atom stereocenters. The molecule has 0 unspecified atom stereocenters. The number of aromatic nitrogens is 2. The van der Waals surface area contributed by atoms with Crippen molar-refractivity contribution in [2.75, 3.05) is 5.32 Å². The molecule has 2 heterocycles. The van der Waals surface area contributed by atoms with E-state index in [-0.39, 0.29) is 17.6 Å². The monoisotopic (exact) mass is 399 g/mol. The van der Waals surface area contributed by atoms with Gasteiger partial charge in [0, 0.05) is 23.1 Å². The Kier molecular flexibility index (Phi) is 5.44. The summed E-state index contributed by atoms with van der Waals surface area (Å²) < 4.78 is 13.3. The van der Waals surface area contributed by atoms with Gasteiger partial charge in [-0.3, -0.25) is 9.78 Å². The van der Waals surface area contributed by atoms with Gasteiger partial charge >= 0.3 is 0 Å². The minimum atomic E-state index is -0.347. The van der Waals surface area contributed by atoms with Gasteiger partial charge in [0.2, 0.25) is 0 Å². The smallest absolute Gasteiger partial charge is 0.258 e. The van der Waals surface area contributed by atoms with Crippen molar-refractivity contribution < 1.29 is 9.18 Å². The van der Waals surface area contributed by atoms with Crippen LogP contribution in [-0.2, 0) is 0 Å². The quantitative estimate of drug-likeness (QED) is 0.416. The Balaban J connectivity index is 1.90. The molecule has 0 spiro atoms. The van der Waals surface area contributed by atoms with Crippen molar-refractivity contribution in [1.82, 2.24) is 9.97 Å². The lowest BCUT2D eigenvalue weighted by Gasteiger charge is -2.11. The van der Waals surface area contributed by atoms with Gasteiger partial charge in [-0.2, -0.15) is 0 Å². The first-order valence-corrected chi connectivity index (χ1v) is 9.84. The lowest BCUT2D eigenvalue weighted by atomic mass is 9.95. The zero-order valence-electron chi connectivity index (χ0n) is 16.8. The fraction of sp³-hybridized carbons (Fsp3) is 0.120. The molecule has 0 bridgehead atoms. The first-order chi connectivity index (χ1) is 14.5. The van der Waals surface area contributed by atoms with E-state index in [1.54, 1.807) is 18.3 Å². The van der Waals surface area contributed by atoms with Crippen molar-refractivity contribution in [1.29, 1.82) is 0 Å². The Bertz CT molecular complexity index is 1150. The summed E-state index contributed by atoms with van der Waals surface area (Å²) in [6.45, 7) is 4.08. The number of benzene rings is 2. The van der Waals surface area contributed by atoms with E-state index >= 15 is 0 Å². The second-order valence-electron chi connectivity index (χ2n) is 7.36. The number of rotatable bonds is 5. The topological polar surface area (TPSA) is 57.8 Å². The number of amides is 1. The normalized spacial score (nSPS) is 10.9. The summed E-state index contributed by atoms with van der Waals surface area (Å²) in [6, 6.07) is 21.3. The third kappa shape index (κ3) is 3.87. The standard InChI is InChI=1S/C25H22FN3O/c1-16(2)23-22(25(30)28-19-13-11-18(26)12-14-19)21(17-8-4-3-5-9-17)24(29-23)20-10-6-7-15-27-20/h3-16,29H,1-2H3,(H,28,30). The van der Waals surface area contributed by atoms with E-state index in [2.05, 4.69) is 15.3 Å². The molecule has 0 aliphatic heterocycles. The fourth-order valence-corrected chi connectivity index (χ4v) is 3.51. The van der Waals surface area contributed by atoms with Gasteiger partial charge in [0.05, 0.1) is 17.0 Å². The highest BCUT2D eigenvalue weighted by atomic mass is 19.1. The van der Waals surface area contributed by atoms with Crippen LogP contribution in [0.1, 0.15) is 35.8 Å². The number of hydrogen-bond acceptors (Lipinski definition) is 2. The molecule has 0 saturated heterocycles. The number of nitrogens with zero attached hydrogens (tertiary/aromatic N) is 1. The summed E-state index contributed by atoms with van der Waals surface area (Å²) in [6.07, 6.45) is 1.73. The van der Waals surface area contributed by atoms with Crippen molar-refractivity contribution >= 4 is 11.6 Å². The molecule has 30 heavy (non-hydrogen) atoms. The van der Waals surface area contributed by atoms with E-state index in [1.165, 1.54) is 12.1 Å². The van der Waals surface area contributed by atoms with Crippen LogP contribution < -0.4 is 5.32 Å². The van der Waals surface area contributed by atoms with E-state index in [0.717, 1.165) is 28.2 Å². The molecule has 4 nitrogen and oxygen atoms in total. The van der Waals surface area contributed by atoms with Crippen molar-refractivity contribution in [2.45, 2.75) is 19.8 Å². The average Bonchev–Trinajstić information content (AvgIpc) is 3.18. The third-order valence-electron chi connectivity index (χ3n) is 4.92. The van der Waals surface area contributed by atoms with E-state index in [9.17, 15) is 9.18 Å². The second-order valence-corrected chi connectivity index (χ2v) is 7.36. The van der Waals surface area contributed by atoms with Gasteiger partial charge in [-0.1, -0.05) is 50.2 Å². The Morgan fingerprint density at radius 1 is 0.967 bits per heavy atom. The molecule has 0 radical (unpaired) electrons. The largest absolute Gasteiger partial charge is 0.356 e. The van der Waals surface area contributed by atoms with E-state index in [1.807, 2.05) is 62.4 Å². The first-order valence-electron chi connectivity index (χ1n) is 9.84. The van der Waals surface area contributed by atoms with Gasteiger partial charge in [0.1, 0.15) is 5.82 Å². The fourth-order valence-electron chi connectivity index (χ4n) is 3.51. The zero-order chi connectivity index (χ0) is 21.1. The van der Waals surface area contributed by atoms with Crippen LogP contribution in [0.2, 0.25) is 0 Å². The number of H-pyrrole nitrogens is 1. The lowest BCUT2D eigenvalue weighted by Crippen LogP contribution is -2.15. The Hall–Kier alpha value is -3.73. The lowest BCUT2D eigenvalue weighted by molar-refractivity contribution is 0.102. The van der Waals surface area contributed by atoms with Crippen molar-refractivity contribution in [3.8, 4) is 22.5 Å². The minimum absolute atomic E-state index is 0.0823. The number of halogens is 1. The van der Waals surface area contributed by atoms with Crippen molar-refractivity contribution in [2.24, 2.45) is 0 Å². The second kappa shape index (κ2) is 8.33. The average molecular weight is 399 g/mol. The van der Waals surface area contributed by atoms with Crippen LogP contribution in [0.25, 0.3) is 22.5 Å². The molecule has 2 aromatic carbocycles. The SMILES string of the molecule is CC(C)c1[nH]c(-c2ccccn2)c(-c2ccccc2)c1C(=O)Nc1ccc(F)cc1. The Labute approximate surface area is 174 Å². The summed E-state index contributed by atoms with van der Waals surface area (Å²) in [5.74, 6) is -0.513. The molecule has 0 aliphatic carbocycles. The number of hydrogen-bond donors (Lipinski definition) is 2. The number of nitrogens with one attached hydrogen (secondary N) is 2. The molecule has 2 aromatic heterocycles. The molecule has 1 amide bonds. The summed E-state index contributed by atoms with van der Waals surface area (Å²) in [7, 11) is 0. The zero-order valence-corrected chi connectivity index (χ0v) is 16.8. The van der Waals surface area contributed by atoms with Gasteiger partial charge in [-0.05, 0) is 47.9 Å². The van der Waals surface area contributed by atoms with Crippen LogP contribution in [-0.4, -0.2) is 15.9 Å². The third-order valence-corrected chi connectivity index (χ3v) is 4.92. The van der Waals surface area contributed by atoms with Crippen LogP contribution in [0.5, 0.6) is 0 Å². The summed E-state index contributed by atoms with van der Waals surface area (Å²) in [5, 5.41) is 2.91. The van der Waals surface area contributed by atoms with E-state index < -0.39 is 0 Å². The number of carbonyl (C=O) groups excluding carboxylic acids is 1. The van der Waals surface area contributed by atoms with E-state index in [0.29, 0.717) is 11.3 Å². The molecule has 0 saturated carbocycles. The highest BCUT2D eigenvalue weighted by molar-refractivity contribution is 6.12. The maximum absolute atomic E-state index is 13.4. The van der Waals surface area contributed by atoms with Gasteiger partial charge in [0.15, 0.2) is 0 Å². The molecule has 0 aliphatic rings. The molecule has 2 N–H and O–H groups in total. The molecule has 0 fully saturated rings. The van der Waals surface area contributed by atoms with Crippen LogP contribution in [0.4, 0.5) is 10.1 Å². The highest BCUT2D eigenvalue weighted by Crippen LogP contribution is 2.38. The molecule has 4 aromatic rings. The van der Waals surface area contributed by atoms with Gasteiger partial charge in [0.25, 0.3) is 5.91 Å². The Morgan fingerprint density at radius 2 is 1.67 bits per heavy atom. The minimum Gasteiger partial charge on any atom is -0.356 e. The maximum Gasteiger partial charge on any atom is 0.258 e. The molecule has 150 valence electrons. The van der Waals surface area contributed by atoms with Gasteiger partial charge in [-0.25, -0.2) is 4.39 Å². The van der Waals surface area contributed by atoms with E-state index in [4.69, 9.17) is 0 Å². The van der Waals surface area contributed by atoms with Crippen LogP contribution in [0.3, 0.4) is 0 Å². The summed E-state index contributed by atoms with van der Waals surface area (Å²) >= 11 is 0. The van der Waals surface area contributed by atoms with Crippen LogP contribution >= 0.6 is 0 Å². The molecule has 5 heteroatoms. The number of aromatic amines is 1. The predicted octanol–water partition coefficient (Wildman–Crippen LogP) is 6.26. The first kappa shape index (κ1) is 19.6. The molecular weight excluding hydrogens is 377 g/mol. The number of anilines is 1. The number of carbonyl (C=O) groups is 1.